The number of amides is 1. The highest BCUT2D eigenvalue weighted by molar-refractivity contribution is 5.79. The predicted octanol–water partition coefficient (Wildman–Crippen LogP) is 3.42. The minimum Gasteiger partial charge on any atom is -0.372 e. The van der Waals surface area contributed by atoms with Gasteiger partial charge >= 0.3 is 0 Å². The van der Waals surface area contributed by atoms with Gasteiger partial charge in [-0.25, -0.2) is 13.2 Å². The van der Waals surface area contributed by atoms with E-state index in [-0.39, 0.29) is 36.1 Å². The molecule has 2 aromatic rings. The Kier molecular flexibility index (Phi) is 5.08. The van der Waals surface area contributed by atoms with Gasteiger partial charge in [-0.2, -0.15) is 0 Å². The first-order valence-corrected chi connectivity index (χ1v) is 9.43. The fourth-order valence-corrected chi connectivity index (χ4v) is 4.37. The predicted molar refractivity (Wildman–Crippen MR) is 102 cm³/mol. The van der Waals surface area contributed by atoms with Crippen molar-refractivity contribution in [3.63, 3.8) is 0 Å². The molecule has 0 saturated carbocycles. The zero-order chi connectivity index (χ0) is 20.6. The summed E-state index contributed by atoms with van der Waals surface area (Å²) in [5, 5.41) is 3.03. The molecular formula is C22H21F3N2O2. The SMILES string of the molecule is C=CN1CCC2(COCC(=O)N2)C1Cc1cccc(-c2cc(F)cc(F)c2)c1F. The zero-order valence-corrected chi connectivity index (χ0v) is 15.8. The molecule has 2 aromatic carbocycles. The lowest BCUT2D eigenvalue weighted by Gasteiger charge is -2.41. The molecule has 4 nitrogen and oxygen atoms in total. The number of benzene rings is 2. The molecule has 152 valence electrons. The van der Waals surface area contributed by atoms with Gasteiger partial charge in [-0.05, 0) is 42.3 Å². The molecule has 2 heterocycles. The van der Waals surface area contributed by atoms with Crippen LogP contribution in [0.4, 0.5) is 13.2 Å². The van der Waals surface area contributed by atoms with E-state index in [1.165, 1.54) is 6.07 Å². The number of carbonyl (C=O) groups is 1. The zero-order valence-electron chi connectivity index (χ0n) is 15.8. The van der Waals surface area contributed by atoms with Gasteiger partial charge < -0.3 is 15.0 Å². The Morgan fingerprint density at radius 2 is 2.00 bits per heavy atom. The first-order chi connectivity index (χ1) is 13.9. The second-order valence-corrected chi connectivity index (χ2v) is 7.52. The molecule has 7 heteroatoms. The molecule has 2 aliphatic rings. The molecule has 0 aromatic heterocycles. The summed E-state index contributed by atoms with van der Waals surface area (Å²) in [7, 11) is 0. The third-order valence-electron chi connectivity index (χ3n) is 5.74. The molecule has 2 fully saturated rings. The van der Waals surface area contributed by atoms with E-state index in [1.54, 1.807) is 18.3 Å². The van der Waals surface area contributed by atoms with Gasteiger partial charge in [0.05, 0.1) is 18.2 Å². The maximum Gasteiger partial charge on any atom is 0.246 e. The number of nitrogens with one attached hydrogen (secondary N) is 1. The molecule has 1 amide bonds. The van der Waals surface area contributed by atoms with E-state index in [9.17, 15) is 13.6 Å². The third-order valence-corrected chi connectivity index (χ3v) is 5.74. The average Bonchev–Trinajstić information content (AvgIpc) is 2.99. The minimum atomic E-state index is -0.764. The molecule has 1 N–H and O–H groups in total. The molecule has 0 radical (unpaired) electrons. The van der Waals surface area contributed by atoms with Crippen molar-refractivity contribution in [3.05, 3.63) is 72.2 Å². The number of morpholine rings is 1. The Bertz CT molecular complexity index is 945. The standard InChI is InChI=1S/C22H21F3N2O2/c1-2-27-7-6-22(13-29-12-20(28)26-22)19(27)10-14-4-3-5-18(21(14)25)15-8-16(23)11-17(24)9-15/h2-5,8-9,11,19H,1,6-7,10,12-13H2,(H,26,28). The summed E-state index contributed by atoms with van der Waals surface area (Å²) in [6, 6.07) is 7.51. The van der Waals surface area contributed by atoms with Crippen LogP contribution in [0.15, 0.2) is 49.2 Å². The van der Waals surface area contributed by atoms with Crippen molar-refractivity contribution in [1.29, 1.82) is 0 Å². The molecule has 1 spiro atoms. The van der Waals surface area contributed by atoms with Gasteiger partial charge in [-0.3, -0.25) is 4.79 Å². The highest BCUT2D eigenvalue weighted by Crippen LogP contribution is 2.35. The van der Waals surface area contributed by atoms with E-state index < -0.39 is 23.0 Å². The van der Waals surface area contributed by atoms with Gasteiger partial charge in [0.1, 0.15) is 24.1 Å². The van der Waals surface area contributed by atoms with Crippen LogP contribution in [0.3, 0.4) is 0 Å². The van der Waals surface area contributed by atoms with Crippen molar-refractivity contribution in [2.45, 2.75) is 24.4 Å². The smallest absolute Gasteiger partial charge is 0.246 e. The highest BCUT2D eigenvalue weighted by atomic mass is 19.1. The van der Waals surface area contributed by atoms with Crippen LogP contribution >= 0.6 is 0 Å². The lowest BCUT2D eigenvalue weighted by atomic mass is 9.85. The van der Waals surface area contributed by atoms with Gasteiger partial charge in [0.2, 0.25) is 5.91 Å². The number of ether oxygens (including phenoxy) is 1. The van der Waals surface area contributed by atoms with Gasteiger partial charge in [0, 0.05) is 18.2 Å². The Hall–Kier alpha value is -2.80. The summed E-state index contributed by atoms with van der Waals surface area (Å²) in [5.41, 5.74) is 0.0294. The molecule has 29 heavy (non-hydrogen) atoms. The topological polar surface area (TPSA) is 41.6 Å². The van der Waals surface area contributed by atoms with Crippen LogP contribution in [-0.2, 0) is 16.0 Å². The quantitative estimate of drug-likeness (QED) is 0.852. The molecule has 2 saturated heterocycles. The summed E-state index contributed by atoms with van der Waals surface area (Å²) in [6.07, 6.45) is 2.63. The van der Waals surface area contributed by atoms with Crippen LogP contribution in [0.25, 0.3) is 11.1 Å². The van der Waals surface area contributed by atoms with Crippen molar-refractivity contribution in [2.75, 3.05) is 19.8 Å². The molecule has 0 aliphatic carbocycles. The van der Waals surface area contributed by atoms with Crippen molar-refractivity contribution < 1.29 is 22.7 Å². The van der Waals surface area contributed by atoms with E-state index in [4.69, 9.17) is 4.74 Å². The molecule has 2 aliphatic heterocycles. The van der Waals surface area contributed by atoms with Crippen molar-refractivity contribution >= 4 is 5.91 Å². The molecule has 2 atom stereocenters. The summed E-state index contributed by atoms with van der Waals surface area (Å²) in [5.74, 6) is -2.26. The van der Waals surface area contributed by atoms with Crippen molar-refractivity contribution in [3.8, 4) is 11.1 Å². The fraction of sp³-hybridized carbons (Fsp3) is 0.318. The van der Waals surface area contributed by atoms with Gasteiger partial charge in [-0.15, -0.1) is 0 Å². The second kappa shape index (κ2) is 7.55. The Morgan fingerprint density at radius 1 is 1.24 bits per heavy atom. The summed E-state index contributed by atoms with van der Waals surface area (Å²) in [6.45, 7) is 4.84. The van der Waals surface area contributed by atoms with Crippen molar-refractivity contribution in [1.82, 2.24) is 10.2 Å². The van der Waals surface area contributed by atoms with Crippen LogP contribution < -0.4 is 5.32 Å². The minimum absolute atomic E-state index is 0.0114. The van der Waals surface area contributed by atoms with E-state index in [0.717, 1.165) is 18.2 Å². The van der Waals surface area contributed by atoms with E-state index in [2.05, 4.69) is 11.9 Å². The van der Waals surface area contributed by atoms with Crippen LogP contribution in [0.2, 0.25) is 0 Å². The van der Waals surface area contributed by atoms with Gasteiger partial charge in [-0.1, -0.05) is 24.8 Å². The largest absolute Gasteiger partial charge is 0.372 e. The van der Waals surface area contributed by atoms with Gasteiger partial charge in [0.25, 0.3) is 0 Å². The maximum absolute atomic E-state index is 15.3. The van der Waals surface area contributed by atoms with E-state index in [1.807, 2.05) is 4.90 Å². The third kappa shape index (κ3) is 3.62. The Balaban J connectivity index is 1.69. The second-order valence-electron chi connectivity index (χ2n) is 7.52. The first-order valence-electron chi connectivity index (χ1n) is 9.43. The number of halogens is 3. The number of carbonyl (C=O) groups excluding carboxylic acids is 1. The Morgan fingerprint density at radius 3 is 2.69 bits per heavy atom. The first kappa shape index (κ1) is 19.5. The fourth-order valence-electron chi connectivity index (χ4n) is 4.37. The number of likely N-dealkylation sites (tertiary alicyclic amines) is 1. The van der Waals surface area contributed by atoms with E-state index >= 15 is 4.39 Å². The van der Waals surface area contributed by atoms with Crippen LogP contribution in [-0.4, -0.2) is 42.1 Å². The number of nitrogens with zero attached hydrogens (tertiary/aromatic N) is 1. The molecular weight excluding hydrogens is 381 g/mol. The van der Waals surface area contributed by atoms with Gasteiger partial charge in [0.15, 0.2) is 0 Å². The molecule has 4 rings (SSSR count). The number of hydrogen-bond acceptors (Lipinski definition) is 3. The van der Waals surface area contributed by atoms with E-state index in [0.29, 0.717) is 25.1 Å². The van der Waals surface area contributed by atoms with Crippen molar-refractivity contribution in [2.24, 2.45) is 0 Å². The summed E-state index contributed by atoms with van der Waals surface area (Å²) < 4.78 is 48.0. The summed E-state index contributed by atoms with van der Waals surface area (Å²) in [4.78, 5) is 13.9. The molecule has 0 bridgehead atoms. The Labute approximate surface area is 167 Å². The maximum atomic E-state index is 15.3. The number of rotatable bonds is 4. The normalized spacial score (nSPS) is 24.0. The van der Waals surface area contributed by atoms with Crippen LogP contribution in [0.5, 0.6) is 0 Å². The molecule has 2 unspecified atom stereocenters. The summed E-state index contributed by atoms with van der Waals surface area (Å²) >= 11 is 0. The lowest BCUT2D eigenvalue weighted by molar-refractivity contribution is -0.136. The lowest BCUT2D eigenvalue weighted by Crippen LogP contribution is -2.63. The van der Waals surface area contributed by atoms with Crippen LogP contribution in [0, 0.1) is 17.5 Å². The highest BCUT2D eigenvalue weighted by Gasteiger charge is 2.49. The monoisotopic (exact) mass is 402 g/mol. The van der Waals surface area contributed by atoms with Crippen LogP contribution in [0.1, 0.15) is 12.0 Å². The number of hydrogen-bond donors (Lipinski definition) is 1. The average molecular weight is 402 g/mol.